The number of benzene rings is 3. The Morgan fingerprint density at radius 1 is 0.973 bits per heavy atom. The van der Waals surface area contributed by atoms with Gasteiger partial charge in [0.1, 0.15) is 11.6 Å². The van der Waals surface area contributed by atoms with E-state index >= 15 is 0 Å². The Labute approximate surface area is 213 Å². The highest BCUT2D eigenvalue weighted by Gasteiger charge is 2.26. The molecule has 0 aliphatic carbocycles. The molecule has 0 saturated carbocycles. The van der Waals surface area contributed by atoms with E-state index in [9.17, 15) is 14.4 Å². The van der Waals surface area contributed by atoms with Crippen molar-refractivity contribution in [2.45, 2.75) is 38.3 Å². The van der Waals surface area contributed by atoms with E-state index in [1.807, 2.05) is 6.07 Å². The lowest BCUT2D eigenvalue weighted by Gasteiger charge is -2.18. The molecule has 1 N–H and O–H groups in total. The highest BCUT2D eigenvalue weighted by atomic mass is 16.5. The quantitative estimate of drug-likeness (QED) is 0.389. The van der Waals surface area contributed by atoms with Crippen LogP contribution in [0.5, 0.6) is 5.75 Å². The van der Waals surface area contributed by atoms with Crippen molar-refractivity contribution in [1.29, 1.82) is 0 Å². The zero-order valence-electron chi connectivity index (χ0n) is 20.5. The van der Waals surface area contributed by atoms with E-state index in [4.69, 9.17) is 9.47 Å². The summed E-state index contributed by atoms with van der Waals surface area (Å²) in [6, 6.07) is 20.4. The van der Waals surface area contributed by atoms with Crippen LogP contribution in [0.15, 0.2) is 77.6 Å². The maximum atomic E-state index is 13.2. The Kier molecular flexibility index (Phi) is 6.98. The lowest BCUT2D eigenvalue weighted by atomic mass is 10.1. The molecule has 1 aromatic heterocycles. The summed E-state index contributed by atoms with van der Waals surface area (Å²) >= 11 is 0. The number of aryl methyl sites for hydroxylation is 1. The second-order valence-electron chi connectivity index (χ2n) is 8.94. The van der Waals surface area contributed by atoms with Crippen molar-refractivity contribution in [3.05, 3.63) is 100 Å². The molecule has 0 radical (unpaired) electrons. The Morgan fingerprint density at radius 3 is 2.62 bits per heavy atom. The summed E-state index contributed by atoms with van der Waals surface area (Å²) in [6.45, 7) is 0.655. The van der Waals surface area contributed by atoms with Crippen LogP contribution in [0.1, 0.15) is 47.1 Å². The first-order valence-corrected chi connectivity index (χ1v) is 12.3. The zero-order chi connectivity index (χ0) is 25.8. The maximum absolute atomic E-state index is 13.2. The van der Waals surface area contributed by atoms with Gasteiger partial charge in [-0.05, 0) is 43.2 Å². The number of hydrogen-bond donors (Lipinski definition) is 1. The van der Waals surface area contributed by atoms with E-state index < -0.39 is 18.0 Å². The van der Waals surface area contributed by atoms with Crippen molar-refractivity contribution < 1.29 is 19.1 Å². The smallest absolute Gasteiger partial charge is 0.339 e. The van der Waals surface area contributed by atoms with Crippen molar-refractivity contribution >= 4 is 28.5 Å². The molecule has 1 aliphatic rings. The van der Waals surface area contributed by atoms with Crippen molar-refractivity contribution in [3.63, 3.8) is 0 Å². The molecule has 3 aromatic carbocycles. The number of amides is 1. The molecule has 0 bridgehead atoms. The highest BCUT2D eigenvalue weighted by Crippen LogP contribution is 2.24. The maximum Gasteiger partial charge on any atom is 0.339 e. The van der Waals surface area contributed by atoms with Gasteiger partial charge in [0, 0.05) is 30.3 Å². The molecule has 37 heavy (non-hydrogen) atoms. The van der Waals surface area contributed by atoms with E-state index in [0.717, 1.165) is 31.5 Å². The largest absolute Gasteiger partial charge is 0.497 e. The summed E-state index contributed by atoms with van der Waals surface area (Å²) in [5.74, 6) is 0.132. The number of carbonyl (C=O) groups excluding carboxylic acids is 2. The fourth-order valence-corrected chi connectivity index (χ4v) is 4.53. The summed E-state index contributed by atoms with van der Waals surface area (Å²) in [6.07, 6.45) is 2.50. The van der Waals surface area contributed by atoms with Gasteiger partial charge in [-0.2, -0.15) is 0 Å². The van der Waals surface area contributed by atoms with Crippen molar-refractivity contribution in [3.8, 4) is 5.75 Å². The first kappa shape index (κ1) is 24.2. The van der Waals surface area contributed by atoms with Gasteiger partial charge in [-0.15, -0.1) is 0 Å². The van der Waals surface area contributed by atoms with Crippen LogP contribution in [0.3, 0.4) is 0 Å². The van der Waals surface area contributed by atoms with Crippen LogP contribution in [0.25, 0.3) is 10.9 Å². The SMILES string of the molecule is COc1cccc(NC(=O)[C@H](OC(=O)c2ccc3c(=O)n4c(nc3c2)CCCCC4)c2ccccc2)c1. The first-order chi connectivity index (χ1) is 18.0. The molecule has 5 rings (SSSR count). The van der Waals surface area contributed by atoms with Crippen LogP contribution in [-0.2, 0) is 22.5 Å². The highest BCUT2D eigenvalue weighted by molar-refractivity contribution is 5.99. The molecule has 0 unspecified atom stereocenters. The van der Waals surface area contributed by atoms with Gasteiger partial charge >= 0.3 is 5.97 Å². The molecular formula is C29H27N3O5. The van der Waals surface area contributed by atoms with Crippen LogP contribution in [0.2, 0.25) is 0 Å². The van der Waals surface area contributed by atoms with E-state index in [1.165, 1.54) is 0 Å². The second kappa shape index (κ2) is 10.7. The fraction of sp³-hybridized carbons (Fsp3) is 0.241. The number of methoxy groups -OCH3 is 1. The summed E-state index contributed by atoms with van der Waals surface area (Å²) < 4.78 is 12.7. The monoisotopic (exact) mass is 497 g/mol. The van der Waals surface area contributed by atoms with Crippen molar-refractivity contribution in [2.24, 2.45) is 0 Å². The molecule has 1 aliphatic heterocycles. The van der Waals surface area contributed by atoms with Crippen LogP contribution >= 0.6 is 0 Å². The van der Waals surface area contributed by atoms with Gasteiger partial charge in [-0.1, -0.05) is 42.8 Å². The molecule has 1 amide bonds. The molecular weight excluding hydrogens is 470 g/mol. The van der Waals surface area contributed by atoms with E-state index in [2.05, 4.69) is 10.3 Å². The minimum atomic E-state index is -1.19. The topological polar surface area (TPSA) is 99.5 Å². The Hall–Kier alpha value is -4.46. The van der Waals surface area contributed by atoms with E-state index in [-0.39, 0.29) is 11.1 Å². The number of nitrogens with zero attached hydrogens (tertiary/aromatic N) is 2. The Bertz CT molecular complexity index is 1510. The third-order valence-corrected chi connectivity index (χ3v) is 6.45. The molecule has 0 spiro atoms. The van der Waals surface area contributed by atoms with Crippen LogP contribution in [0.4, 0.5) is 5.69 Å². The number of aromatic nitrogens is 2. The molecule has 188 valence electrons. The van der Waals surface area contributed by atoms with Crippen LogP contribution < -0.4 is 15.6 Å². The number of rotatable bonds is 6. The van der Waals surface area contributed by atoms with Gasteiger partial charge in [0.05, 0.1) is 23.6 Å². The third kappa shape index (κ3) is 5.23. The molecule has 0 fully saturated rings. The number of esters is 1. The van der Waals surface area contributed by atoms with Gasteiger partial charge < -0.3 is 14.8 Å². The van der Waals surface area contributed by atoms with Gasteiger partial charge in [0.25, 0.3) is 11.5 Å². The molecule has 1 atom stereocenters. The molecule has 8 heteroatoms. The van der Waals surface area contributed by atoms with Gasteiger partial charge in [0.15, 0.2) is 0 Å². The molecule has 4 aromatic rings. The van der Waals surface area contributed by atoms with Crippen molar-refractivity contribution in [2.75, 3.05) is 12.4 Å². The minimum Gasteiger partial charge on any atom is -0.497 e. The standard InChI is InChI=1S/C29H27N3O5/c1-36-22-12-8-11-21(18-22)30-27(33)26(19-9-4-2-5-10-19)37-29(35)20-14-15-23-24(17-20)31-25-13-6-3-7-16-32(25)28(23)34/h2,4-5,8-12,14-15,17-18,26H,3,6-7,13,16H2,1H3,(H,30,33)/t26-/m1/s1. The fourth-order valence-electron chi connectivity index (χ4n) is 4.53. The zero-order valence-corrected chi connectivity index (χ0v) is 20.5. The first-order valence-electron chi connectivity index (χ1n) is 12.3. The number of hydrogen-bond acceptors (Lipinski definition) is 6. The van der Waals surface area contributed by atoms with E-state index in [1.54, 1.807) is 78.4 Å². The minimum absolute atomic E-state index is 0.0957. The van der Waals surface area contributed by atoms with Gasteiger partial charge in [0.2, 0.25) is 6.10 Å². The number of ether oxygens (including phenoxy) is 2. The number of anilines is 1. The van der Waals surface area contributed by atoms with Crippen molar-refractivity contribution in [1.82, 2.24) is 9.55 Å². The average Bonchev–Trinajstić information content (AvgIpc) is 3.17. The second-order valence-corrected chi connectivity index (χ2v) is 8.94. The summed E-state index contributed by atoms with van der Waals surface area (Å²) in [5.41, 5.74) is 1.61. The normalized spacial score (nSPS) is 13.8. The van der Waals surface area contributed by atoms with Crippen LogP contribution in [0, 0.1) is 0 Å². The van der Waals surface area contributed by atoms with E-state index in [0.29, 0.717) is 34.4 Å². The Morgan fingerprint density at radius 2 is 1.81 bits per heavy atom. The predicted molar refractivity (Wildman–Crippen MR) is 140 cm³/mol. The lowest BCUT2D eigenvalue weighted by Crippen LogP contribution is -2.26. The average molecular weight is 498 g/mol. The third-order valence-electron chi connectivity index (χ3n) is 6.45. The summed E-state index contributed by atoms with van der Waals surface area (Å²) in [7, 11) is 1.54. The number of carbonyl (C=O) groups is 2. The van der Waals surface area contributed by atoms with Gasteiger partial charge in [-0.25, -0.2) is 9.78 Å². The summed E-state index contributed by atoms with van der Waals surface area (Å²) in [4.78, 5) is 44.2. The molecule has 2 heterocycles. The number of nitrogens with one attached hydrogen (secondary N) is 1. The number of fused-ring (bicyclic) bond motifs is 2. The predicted octanol–water partition coefficient (Wildman–Crippen LogP) is 4.67. The Balaban J connectivity index is 1.44. The van der Waals surface area contributed by atoms with Gasteiger partial charge in [-0.3, -0.25) is 14.2 Å². The summed E-state index contributed by atoms with van der Waals surface area (Å²) in [5, 5.41) is 3.25. The molecule has 8 nitrogen and oxygen atoms in total. The van der Waals surface area contributed by atoms with Crippen LogP contribution in [-0.4, -0.2) is 28.5 Å². The lowest BCUT2D eigenvalue weighted by molar-refractivity contribution is -0.125. The molecule has 0 saturated heterocycles.